The standard InChI is InChI=1S/C27H44N4O5S/c1-17(2)22-25(35)31-14-9-12-21(31)24(34)28-20(11-6-5-7-15-37-19(4)32)23(33)30-27(26(36)29-22)13-8-10-18(3)16-27/h17-18,20-22H,5-16H2,1-4H3,(H,28,34)(H,29,36)(H,30,33)/t18?,20-,21+,22-,27?/m0/s1. The maximum absolute atomic E-state index is 13.8. The van der Waals surface area contributed by atoms with Crippen LogP contribution in [0.5, 0.6) is 0 Å². The van der Waals surface area contributed by atoms with Crippen LogP contribution in [0.25, 0.3) is 0 Å². The van der Waals surface area contributed by atoms with Crippen LogP contribution in [0, 0.1) is 11.8 Å². The Balaban J connectivity index is 1.86. The molecule has 9 nitrogen and oxygen atoms in total. The highest BCUT2D eigenvalue weighted by Gasteiger charge is 2.47. The molecule has 37 heavy (non-hydrogen) atoms. The summed E-state index contributed by atoms with van der Waals surface area (Å²) in [6.45, 7) is 7.87. The Morgan fingerprint density at radius 3 is 2.49 bits per heavy atom. The molecule has 0 aromatic carbocycles. The highest BCUT2D eigenvalue weighted by molar-refractivity contribution is 8.13. The lowest BCUT2D eigenvalue weighted by molar-refractivity contribution is -0.146. The number of thioether (sulfide) groups is 1. The first kappa shape index (κ1) is 29.5. The minimum Gasteiger partial charge on any atom is -0.343 e. The van der Waals surface area contributed by atoms with E-state index in [1.807, 2.05) is 13.8 Å². The van der Waals surface area contributed by atoms with Crippen LogP contribution in [0.1, 0.15) is 91.9 Å². The third-order valence-corrected chi connectivity index (χ3v) is 8.83. The van der Waals surface area contributed by atoms with Crippen LogP contribution in [0.15, 0.2) is 0 Å². The van der Waals surface area contributed by atoms with E-state index < -0.39 is 23.7 Å². The van der Waals surface area contributed by atoms with Crippen molar-refractivity contribution in [3.63, 3.8) is 0 Å². The first-order valence-electron chi connectivity index (χ1n) is 13.9. The number of rotatable bonds is 7. The van der Waals surface area contributed by atoms with Gasteiger partial charge in [0.25, 0.3) is 0 Å². The van der Waals surface area contributed by atoms with E-state index >= 15 is 0 Å². The lowest BCUT2D eigenvalue weighted by Crippen LogP contribution is -2.67. The summed E-state index contributed by atoms with van der Waals surface area (Å²) in [6.07, 6.45) is 6.83. The van der Waals surface area contributed by atoms with Gasteiger partial charge in [-0.1, -0.05) is 58.2 Å². The molecule has 2 aliphatic heterocycles. The summed E-state index contributed by atoms with van der Waals surface area (Å²) >= 11 is 1.29. The van der Waals surface area contributed by atoms with Gasteiger partial charge in [-0.15, -0.1) is 0 Å². The van der Waals surface area contributed by atoms with Crippen molar-refractivity contribution in [1.29, 1.82) is 0 Å². The van der Waals surface area contributed by atoms with Crippen LogP contribution in [0.4, 0.5) is 0 Å². The fraction of sp³-hybridized carbons (Fsp3) is 0.815. The van der Waals surface area contributed by atoms with Crippen molar-refractivity contribution in [3.05, 3.63) is 0 Å². The zero-order valence-corrected chi connectivity index (χ0v) is 23.6. The lowest BCUT2D eigenvalue weighted by atomic mass is 9.75. The molecule has 0 aromatic rings. The van der Waals surface area contributed by atoms with Crippen LogP contribution >= 0.6 is 11.8 Å². The summed E-state index contributed by atoms with van der Waals surface area (Å²) in [7, 11) is 0. The Hall–Kier alpha value is -2.10. The normalized spacial score (nSPS) is 31.3. The van der Waals surface area contributed by atoms with Crippen molar-refractivity contribution in [2.75, 3.05) is 12.3 Å². The van der Waals surface area contributed by atoms with Crippen molar-refractivity contribution >= 4 is 40.5 Å². The molecule has 1 spiro atoms. The van der Waals surface area contributed by atoms with Gasteiger partial charge in [-0.3, -0.25) is 24.0 Å². The maximum atomic E-state index is 13.8. The summed E-state index contributed by atoms with van der Waals surface area (Å²) in [4.78, 5) is 67.2. The van der Waals surface area contributed by atoms with Gasteiger partial charge in [0.1, 0.15) is 23.7 Å². The Labute approximate surface area is 225 Å². The topological polar surface area (TPSA) is 125 Å². The number of nitrogens with one attached hydrogen (secondary N) is 3. The number of unbranched alkanes of at least 4 members (excludes halogenated alkanes) is 2. The number of carbonyl (C=O) groups is 5. The Morgan fingerprint density at radius 2 is 1.81 bits per heavy atom. The van der Waals surface area contributed by atoms with Crippen molar-refractivity contribution in [2.24, 2.45) is 11.8 Å². The van der Waals surface area contributed by atoms with Gasteiger partial charge in [0.2, 0.25) is 23.6 Å². The van der Waals surface area contributed by atoms with Gasteiger partial charge in [-0.25, -0.2) is 0 Å². The average molecular weight is 537 g/mol. The molecule has 2 heterocycles. The SMILES string of the molecule is CC(=O)SCCCCC[C@@H]1NC(=O)[C@H]2CCCN2C(=O)[C@H](C(C)C)NC(=O)C2(CCCC(C)C2)NC1=O. The highest BCUT2D eigenvalue weighted by Crippen LogP contribution is 2.33. The molecule has 0 aromatic heterocycles. The van der Waals surface area contributed by atoms with Gasteiger partial charge in [-0.2, -0.15) is 0 Å². The molecule has 0 bridgehead atoms. The quantitative estimate of drug-likeness (QED) is 0.430. The van der Waals surface area contributed by atoms with E-state index in [0.717, 1.165) is 31.4 Å². The molecule has 2 saturated heterocycles. The molecule has 2 unspecified atom stereocenters. The summed E-state index contributed by atoms with van der Waals surface area (Å²) in [5.41, 5.74) is -1.10. The van der Waals surface area contributed by atoms with Crippen LogP contribution < -0.4 is 16.0 Å². The second kappa shape index (κ2) is 13.1. The predicted octanol–water partition coefficient (Wildman–Crippen LogP) is 2.52. The second-order valence-corrected chi connectivity index (χ2v) is 12.7. The smallest absolute Gasteiger partial charge is 0.246 e. The molecule has 1 aliphatic carbocycles. The van der Waals surface area contributed by atoms with Crippen LogP contribution in [-0.2, 0) is 24.0 Å². The Morgan fingerprint density at radius 1 is 1.05 bits per heavy atom. The molecule has 208 valence electrons. The van der Waals surface area contributed by atoms with E-state index in [1.54, 1.807) is 11.8 Å². The third-order valence-electron chi connectivity index (χ3n) is 7.93. The predicted molar refractivity (Wildman–Crippen MR) is 144 cm³/mol. The first-order chi connectivity index (χ1) is 17.5. The fourth-order valence-corrected chi connectivity index (χ4v) is 6.54. The second-order valence-electron chi connectivity index (χ2n) is 11.4. The van der Waals surface area contributed by atoms with E-state index in [9.17, 15) is 24.0 Å². The summed E-state index contributed by atoms with van der Waals surface area (Å²) < 4.78 is 0. The number of hydrogen-bond acceptors (Lipinski definition) is 6. The molecule has 0 radical (unpaired) electrons. The van der Waals surface area contributed by atoms with Crippen molar-refractivity contribution in [2.45, 2.75) is 116 Å². The summed E-state index contributed by atoms with van der Waals surface area (Å²) in [5.74, 6) is -0.363. The van der Waals surface area contributed by atoms with Gasteiger partial charge >= 0.3 is 0 Å². The van der Waals surface area contributed by atoms with E-state index in [-0.39, 0.29) is 40.6 Å². The molecule has 5 atom stereocenters. The number of fused-ring (bicyclic) bond motifs is 1. The maximum Gasteiger partial charge on any atom is 0.246 e. The molecule has 1 saturated carbocycles. The highest BCUT2D eigenvalue weighted by atomic mass is 32.2. The molecule has 3 rings (SSSR count). The number of nitrogens with zero attached hydrogens (tertiary/aromatic N) is 1. The van der Waals surface area contributed by atoms with Crippen molar-refractivity contribution in [3.8, 4) is 0 Å². The van der Waals surface area contributed by atoms with E-state index in [2.05, 4.69) is 22.9 Å². The van der Waals surface area contributed by atoms with Gasteiger partial charge in [-0.05, 0) is 50.4 Å². The Kier molecular flexibility index (Phi) is 10.4. The van der Waals surface area contributed by atoms with Gasteiger partial charge in [0.05, 0.1) is 0 Å². The molecular formula is C27H44N4O5S. The van der Waals surface area contributed by atoms with E-state index in [0.29, 0.717) is 45.1 Å². The molecule has 3 N–H and O–H groups in total. The molecule has 3 fully saturated rings. The van der Waals surface area contributed by atoms with Gasteiger partial charge in [0.15, 0.2) is 5.12 Å². The van der Waals surface area contributed by atoms with Crippen molar-refractivity contribution in [1.82, 2.24) is 20.9 Å². The zero-order chi connectivity index (χ0) is 27.2. The van der Waals surface area contributed by atoms with Crippen molar-refractivity contribution < 1.29 is 24.0 Å². The average Bonchev–Trinajstić information content (AvgIpc) is 3.32. The molecule has 3 aliphatic rings. The molecular weight excluding hydrogens is 492 g/mol. The molecule has 10 heteroatoms. The Bertz CT molecular complexity index is 881. The van der Waals surface area contributed by atoms with Gasteiger partial charge in [0, 0.05) is 19.2 Å². The third kappa shape index (κ3) is 7.48. The summed E-state index contributed by atoms with van der Waals surface area (Å²) in [5, 5.41) is 9.09. The number of amides is 4. The first-order valence-corrected chi connectivity index (χ1v) is 14.9. The van der Waals surface area contributed by atoms with Crippen LogP contribution in [-0.4, -0.2) is 69.6 Å². The number of hydrogen-bond donors (Lipinski definition) is 3. The molecule has 4 amide bonds. The minimum absolute atomic E-state index is 0.0895. The van der Waals surface area contributed by atoms with E-state index in [1.165, 1.54) is 11.8 Å². The number of carbonyl (C=O) groups excluding carboxylic acids is 5. The zero-order valence-electron chi connectivity index (χ0n) is 22.8. The minimum atomic E-state index is -1.10. The fourth-order valence-electron chi connectivity index (χ4n) is 5.91. The largest absolute Gasteiger partial charge is 0.343 e. The van der Waals surface area contributed by atoms with Gasteiger partial charge < -0.3 is 20.9 Å². The van der Waals surface area contributed by atoms with Crippen LogP contribution in [0.2, 0.25) is 0 Å². The van der Waals surface area contributed by atoms with E-state index in [4.69, 9.17) is 0 Å². The summed E-state index contributed by atoms with van der Waals surface area (Å²) in [6, 6.07) is -2.18. The monoisotopic (exact) mass is 536 g/mol. The lowest BCUT2D eigenvalue weighted by Gasteiger charge is -2.42. The van der Waals surface area contributed by atoms with Crippen LogP contribution in [0.3, 0.4) is 0 Å².